The zero-order chi connectivity index (χ0) is 10.5. The summed E-state index contributed by atoms with van der Waals surface area (Å²) in [6.07, 6.45) is 5.13. The summed E-state index contributed by atoms with van der Waals surface area (Å²) in [7, 11) is 2.49. The standard InChI is InChI=1S/C12H26B/c1-7-11(3,4)9-10-13-12(5,6)8-2/h7-10H2,1-6H3. The molecule has 0 spiro atoms. The van der Waals surface area contributed by atoms with E-state index in [1.54, 1.807) is 0 Å². The van der Waals surface area contributed by atoms with E-state index in [9.17, 15) is 0 Å². The number of rotatable bonds is 6. The van der Waals surface area contributed by atoms with E-state index >= 15 is 0 Å². The van der Waals surface area contributed by atoms with Crippen LogP contribution in [0.5, 0.6) is 0 Å². The van der Waals surface area contributed by atoms with E-state index in [0.717, 1.165) is 0 Å². The molecule has 0 atom stereocenters. The minimum absolute atomic E-state index is 0.434. The maximum atomic E-state index is 2.49. The third-order valence-electron chi connectivity index (χ3n) is 3.39. The first-order valence-corrected chi connectivity index (χ1v) is 5.67. The smallest absolute Gasteiger partial charge is 0.0791 e. The molecule has 0 rings (SSSR count). The SMILES string of the molecule is CCC(C)(C)[B]CCC(C)(C)CC. The van der Waals surface area contributed by atoms with Crippen molar-refractivity contribution in [1.82, 2.24) is 0 Å². The van der Waals surface area contributed by atoms with Crippen LogP contribution in [-0.4, -0.2) is 7.28 Å². The zero-order valence-corrected chi connectivity index (χ0v) is 10.4. The molecule has 0 nitrogen and oxygen atoms in total. The summed E-state index contributed by atoms with van der Waals surface area (Å²) >= 11 is 0. The van der Waals surface area contributed by atoms with Gasteiger partial charge in [-0.05, 0) is 5.41 Å². The maximum Gasteiger partial charge on any atom is 0.117 e. The van der Waals surface area contributed by atoms with Crippen LogP contribution in [0.2, 0.25) is 11.6 Å². The lowest BCUT2D eigenvalue weighted by Gasteiger charge is -2.26. The minimum Gasteiger partial charge on any atom is -0.0791 e. The molecule has 0 aliphatic rings. The largest absolute Gasteiger partial charge is 0.117 e. The molecule has 0 aromatic heterocycles. The van der Waals surface area contributed by atoms with Gasteiger partial charge in [-0.25, -0.2) is 0 Å². The lowest BCUT2D eigenvalue weighted by atomic mass is 9.50. The molecule has 0 saturated carbocycles. The van der Waals surface area contributed by atoms with E-state index in [4.69, 9.17) is 0 Å². The Balaban J connectivity index is 3.68. The zero-order valence-electron chi connectivity index (χ0n) is 10.4. The molecule has 0 heterocycles. The molecular weight excluding hydrogens is 155 g/mol. The highest BCUT2D eigenvalue weighted by Gasteiger charge is 2.19. The lowest BCUT2D eigenvalue weighted by Crippen LogP contribution is -2.16. The first-order chi connectivity index (χ1) is 5.83. The van der Waals surface area contributed by atoms with Crippen molar-refractivity contribution < 1.29 is 0 Å². The van der Waals surface area contributed by atoms with Crippen molar-refractivity contribution in [3.8, 4) is 0 Å². The normalized spacial score (nSPS) is 13.1. The first-order valence-electron chi connectivity index (χ1n) is 5.67. The van der Waals surface area contributed by atoms with Gasteiger partial charge >= 0.3 is 0 Å². The fraction of sp³-hybridized carbons (Fsp3) is 1.00. The van der Waals surface area contributed by atoms with Crippen molar-refractivity contribution in [2.24, 2.45) is 5.41 Å². The molecule has 0 aromatic rings. The van der Waals surface area contributed by atoms with Gasteiger partial charge in [-0.2, -0.15) is 0 Å². The molecule has 77 valence electrons. The molecule has 0 N–H and O–H groups in total. The topological polar surface area (TPSA) is 0 Å². The summed E-state index contributed by atoms with van der Waals surface area (Å²) in [5.74, 6) is 0. The van der Waals surface area contributed by atoms with Crippen molar-refractivity contribution in [2.75, 3.05) is 0 Å². The second kappa shape index (κ2) is 5.07. The Hall–Kier alpha value is 0.0649. The van der Waals surface area contributed by atoms with Crippen LogP contribution < -0.4 is 0 Å². The summed E-state index contributed by atoms with van der Waals surface area (Å²) in [5.41, 5.74) is 0.528. The van der Waals surface area contributed by atoms with E-state index in [1.807, 2.05) is 0 Å². The van der Waals surface area contributed by atoms with Gasteiger partial charge < -0.3 is 0 Å². The van der Waals surface area contributed by atoms with Gasteiger partial charge in [-0.3, -0.25) is 0 Å². The quantitative estimate of drug-likeness (QED) is 0.527. The van der Waals surface area contributed by atoms with E-state index in [1.165, 1.54) is 25.6 Å². The van der Waals surface area contributed by atoms with Gasteiger partial charge in [0, 0.05) is 0 Å². The third kappa shape index (κ3) is 6.18. The van der Waals surface area contributed by atoms with Gasteiger partial charge in [0.25, 0.3) is 0 Å². The Labute approximate surface area is 85.7 Å². The third-order valence-corrected chi connectivity index (χ3v) is 3.39. The first kappa shape index (κ1) is 13.1. The second-order valence-electron chi connectivity index (χ2n) is 5.60. The molecule has 0 aliphatic carbocycles. The molecule has 0 amide bonds. The van der Waals surface area contributed by atoms with Gasteiger partial charge in [0.1, 0.15) is 7.28 Å². The van der Waals surface area contributed by atoms with Crippen molar-refractivity contribution in [3.63, 3.8) is 0 Å². The molecule has 13 heavy (non-hydrogen) atoms. The van der Waals surface area contributed by atoms with Gasteiger partial charge in [0.15, 0.2) is 0 Å². The molecule has 0 saturated heterocycles. The van der Waals surface area contributed by atoms with Crippen molar-refractivity contribution in [2.45, 2.75) is 72.4 Å². The van der Waals surface area contributed by atoms with E-state index in [2.05, 4.69) is 48.8 Å². The summed E-state index contributed by atoms with van der Waals surface area (Å²) in [5, 5.41) is 0.434. The van der Waals surface area contributed by atoms with Crippen LogP contribution in [0.15, 0.2) is 0 Å². The van der Waals surface area contributed by atoms with Gasteiger partial charge in [0.05, 0.1) is 0 Å². The molecule has 1 heteroatoms. The fourth-order valence-corrected chi connectivity index (χ4v) is 1.17. The van der Waals surface area contributed by atoms with Crippen LogP contribution in [0.25, 0.3) is 0 Å². The maximum absolute atomic E-state index is 2.49. The van der Waals surface area contributed by atoms with Crippen LogP contribution in [0.3, 0.4) is 0 Å². The van der Waals surface area contributed by atoms with E-state index < -0.39 is 0 Å². The predicted octanol–water partition coefficient (Wildman–Crippen LogP) is 4.54. The predicted molar refractivity (Wildman–Crippen MR) is 63.6 cm³/mol. The molecule has 0 fully saturated rings. The van der Waals surface area contributed by atoms with E-state index in [-0.39, 0.29) is 0 Å². The van der Waals surface area contributed by atoms with Crippen LogP contribution in [0, 0.1) is 5.41 Å². The summed E-state index contributed by atoms with van der Waals surface area (Å²) in [4.78, 5) is 0. The summed E-state index contributed by atoms with van der Waals surface area (Å²) in [6.45, 7) is 13.9. The molecule has 0 bridgehead atoms. The van der Waals surface area contributed by atoms with E-state index in [0.29, 0.717) is 10.7 Å². The highest BCUT2D eigenvalue weighted by Crippen LogP contribution is 2.32. The van der Waals surface area contributed by atoms with Crippen molar-refractivity contribution >= 4 is 7.28 Å². The minimum atomic E-state index is 0.434. The molecule has 1 radical (unpaired) electrons. The highest BCUT2D eigenvalue weighted by molar-refractivity contribution is 6.39. The average molecular weight is 181 g/mol. The average Bonchev–Trinajstić information content (AvgIpc) is 2.04. The van der Waals surface area contributed by atoms with Gasteiger partial charge in [0.2, 0.25) is 0 Å². The van der Waals surface area contributed by atoms with Crippen LogP contribution in [0.4, 0.5) is 0 Å². The van der Waals surface area contributed by atoms with Crippen LogP contribution in [-0.2, 0) is 0 Å². The Morgan fingerprint density at radius 3 is 1.85 bits per heavy atom. The Kier molecular flexibility index (Phi) is 5.10. The number of hydrogen-bond acceptors (Lipinski definition) is 0. The summed E-state index contributed by atoms with van der Waals surface area (Å²) < 4.78 is 0. The Morgan fingerprint density at radius 2 is 1.46 bits per heavy atom. The highest BCUT2D eigenvalue weighted by atomic mass is 14.2. The summed E-state index contributed by atoms with van der Waals surface area (Å²) in [6, 6.07) is 0. The van der Waals surface area contributed by atoms with Gasteiger partial charge in [-0.15, -0.1) is 0 Å². The van der Waals surface area contributed by atoms with Crippen LogP contribution in [0.1, 0.15) is 60.8 Å². The van der Waals surface area contributed by atoms with Crippen molar-refractivity contribution in [1.29, 1.82) is 0 Å². The number of hydrogen-bond donors (Lipinski definition) is 0. The molecular formula is C12H26B. The Morgan fingerprint density at radius 1 is 0.923 bits per heavy atom. The molecule has 0 unspecified atom stereocenters. The van der Waals surface area contributed by atoms with Gasteiger partial charge in [-0.1, -0.05) is 72.4 Å². The fourth-order valence-electron chi connectivity index (χ4n) is 1.17. The van der Waals surface area contributed by atoms with Crippen LogP contribution >= 0.6 is 0 Å². The van der Waals surface area contributed by atoms with Crippen molar-refractivity contribution in [3.05, 3.63) is 0 Å². The lowest BCUT2D eigenvalue weighted by molar-refractivity contribution is 0.336. The molecule has 0 aromatic carbocycles. The Bertz CT molecular complexity index is 120. The second-order valence-corrected chi connectivity index (χ2v) is 5.60. The monoisotopic (exact) mass is 181 g/mol. The molecule has 0 aliphatic heterocycles.